The number of ether oxygens (including phenoxy) is 2. The molecule has 7 nitrogen and oxygen atoms in total. The number of aromatic nitrogens is 2. The zero-order chi connectivity index (χ0) is 15.9. The van der Waals surface area contributed by atoms with Gasteiger partial charge in [-0.2, -0.15) is 5.26 Å². The molecule has 2 aromatic rings. The van der Waals surface area contributed by atoms with Crippen molar-refractivity contribution in [2.24, 2.45) is 0 Å². The Morgan fingerprint density at radius 2 is 2.18 bits per heavy atom. The van der Waals surface area contributed by atoms with Gasteiger partial charge >= 0.3 is 5.97 Å². The van der Waals surface area contributed by atoms with Gasteiger partial charge < -0.3 is 19.6 Å². The lowest BCUT2D eigenvalue weighted by molar-refractivity contribution is -0.148. The maximum Gasteiger partial charge on any atom is 0.332 e. The average Bonchev–Trinajstić information content (AvgIpc) is 2.95. The smallest absolute Gasteiger partial charge is 0.332 e. The second-order valence-corrected chi connectivity index (χ2v) is 4.33. The molecule has 7 heteroatoms. The number of carbonyl (C=O) groups is 1. The van der Waals surface area contributed by atoms with Crippen molar-refractivity contribution in [2.75, 3.05) is 19.8 Å². The summed E-state index contributed by atoms with van der Waals surface area (Å²) in [4.78, 5) is 18.5. The number of aromatic amines is 1. The highest BCUT2D eigenvalue weighted by Crippen LogP contribution is 2.18. The van der Waals surface area contributed by atoms with Crippen LogP contribution in [0, 0.1) is 11.3 Å². The van der Waals surface area contributed by atoms with Crippen molar-refractivity contribution in [3.05, 3.63) is 35.8 Å². The third-order valence-corrected chi connectivity index (χ3v) is 2.82. The Labute approximate surface area is 126 Å². The van der Waals surface area contributed by atoms with Crippen molar-refractivity contribution < 1.29 is 19.4 Å². The highest BCUT2D eigenvalue weighted by Gasteiger charge is 2.14. The van der Waals surface area contributed by atoms with Crippen molar-refractivity contribution in [3.8, 4) is 6.07 Å². The highest BCUT2D eigenvalue weighted by molar-refractivity contribution is 5.83. The zero-order valence-corrected chi connectivity index (χ0v) is 12.0. The molecule has 0 bridgehead atoms. The molecule has 0 radical (unpaired) electrons. The molecule has 0 unspecified atom stereocenters. The Morgan fingerprint density at radius 3 is 2.86 bits per heavy atom. The molecule has 2 rings (SSSR count). The lowest BCUT2D eigenvalue weighted by Gasteiger charge is -2.05. The number of aliphatic hydroxyl groups is 1. The van der Waals surface area contributed by atoms with Crippen molar-refractivity contribution in [1.29, 1.82) is 5.26 Å². The van der Waals surface area contributed by atoms with Gasteiger partial charge in [0, 0.05) is 6.61 Å². The van der Waals surface area contributed by atoms with E-state index >= 15 is 0 Å². The van der Waals surface area contributed by atoms with E-state index in [1.807, 2.05) is 18.2 Å². The summed E-state index contributed by atoms with van der Waals surface area (Å²) in [5, 5.41) is 19.1. The van der Waals surface area contributed by atoms with Gasteiger partial charge in [0.2, 0.25) is 0 Å². The van der Waals surface area contributed by atoms with Gasteiger partial charge in [-0.1, -0.05) is 12.1 Å². The number of fused-ring (bicyclic) bond motifs is 1. The van der Waals surface area contributed by atoms with Gasteiger partial charge in [0.1, 0.15) is 24.9 Å². The standard InChI is InChI=1S/C15H15N3O4/c1-2-21-9-14(20)22-8-13(19)10(7-16)15-17-11-5-3-4-6-12(11)18-15/h3-6,19H,2,8-9H2,1H3,(H,17,18)/b13-10-. The minimum atomic E-state index is -0.615. The van der Waals surface area contributed by atoms with Crippen molar-refractivity contribution >= 4 is 22.6 Å². The minimum Gasteiger partial charge on any atom is -0.507 e. The van der Waals surface area contributed by atoms with Crippen LogP contribution in [-0.4, -0.2) is 40.9 Å². The molecule has 1 aromatic heterocycles. The lowest BCUT2D eigenvalue weighted by atomic mass is 10.2. The van der Waals surface area contributed by atoms with Crippen LogP contribution < -0.4 is 0 Å². The van der Waals surface area contributed by atoms with Gasteiger partial charge in [0.25, 0.3) is 0 Å². The summed E-state index contributed by atoms with van der Waals surface area (Å²) >= 11 is 0. The Bertz CT molecular complexity index is 710. The number of para-hydroxylation sites is 2. The molecule has 0 saturated carbocycles. The summed E-state index contributed by atoms with van der Waals surface area (Å²) < 4.78 is 9.70. The van der Waals surface area contributed by atoms with E-state index in [0.29, 0.717) is 12.1 Å². The molecule has 1 aromatic carbocycles. The average molecular weight is 301 g/mol. The number of nitrogens with one attached hydrogen (secondary N) is 1. The number of aliphatic hydroxyl groups excluding tert-OH is 1. The monoisotopic (exact) mass is 301 g/mol. The summed E-state index contributed by atoms with van der Waals surface area (Å²) in [5.41, 5.74) is 1.35. The normalized spacial score (nSPS) is 11.8. The van der Waals surface area contributed by atoms with E-state index < -0.39 is 12.6 Å². The van der Waals surface area contributed by atoms with Gasteiger partial charge in [-0.25, -0.2) is 9.78 Å². The van der Waals surface area contributed by atoms with Gasteiger partial charge in [-0.3, -0.25) is 0 Å². The van der Waals surface area contributed by atoms with Crippen LogP contribution in [0.15, 0.2) is 30.0 Å². The fourth-order valence-corrected chi connectivity index (χ4v) is 1.77. The van der Waals surface area contributed by atoms with Crippen LogP contribution >= 0.6 is 0 Å². The quantitative estimate of drug-likeness (QED) is 0.479. The largest absolute Gasteiger partial charge is 0.507 e. The molecule has 114 valence electrons. The topological polar surface area (TPSA) is 108 Å². The first kappa shape index (κ1) is 15.5. The molecule has 0 aliphatic heterocycles. The predicted molar refractivity (Wildman–Crippen MR) is 78.7 cm³/mol. The number of carbonyl (C=O) groups excluding carboxylic acids is 1. The Balaban J connectivity index is 2.15. The predicted octanol–water partition coefficient (Wildman–Crippen LogP) is 1.94. The summed E-state index contributed by atoms with van der Waals surface area (Å²) in [7, 11) is 0. The zero-order valence-electron chi connectivity index (χ0n) is 12.0. The molecule has 0 atom stereocenters. The van der Waals surface area contributed by atoms with E-state index in [1.54, 1.807) is 19.1 Å². The summed E-state index contributed by atoms with van der Waals surface area (Å²) in [6.45, 7) is 1.53. The fraction of sp³-hybridized carbons (Fsp3) is 0.267. The van der Waals surface area contributed by atoms with Crippen molar-refractivity contribution in [3.63, 3.8) is 0 Å². The third-order valence-electron chi connectivity index (χ3n) is 2.82. The summed E-state index contributed by atoms with van der Waals surface area (Å²) in [5.74, 6) is -0.760. The van der Waals surface area contributed by atoms with Crippen LogP contribution in [0.25, 0.3) is 16.6 Å². The Kier molecular flexibility index (Phi) is 5.11. The number of rotatable bonds is 6. The van der Waals surface area contributed by atoms with Crippen LogP contribution in [0.4, 0.5) is 0 Å². The van der Waals surface area contributed by atoms with Crippen LogP contribution in [0.2, 0.25) is 0 Å². The number of hydrogen-bond donors (Lipinski definition) is 2. The van der Waals surface area contributed by atoms with E-state index in [4.69, 9.17) is 9.47 Å². The number of imidazole rings is 1. The molecule has 0 amide bonds. The molecular formula is C15H15N3O4. The molecule has 1 heterocycles. The number of esters is 1. The second-order valence-electron chi connectivity index (χ2n) is 4.33. The van der Waals surface area contributed by atoms with Gasteiger partial charge in [0.05, 0.1) is 11.0 Å². The Morgan fingerprint density at radius 1 is 1.41 bits per heavy atom. The van der Waals surface area contributed by atoms with Gasteiger partial charge in [0.15, 0.2) is 11.6 Å². The molecule has 22 heavy (non-hydrogen) atoms. The van der Waals surface area contributed by atoms with E-state index in [0.717, 1.165) is 5.52 Å². The molecule has 2 N–H and O–H groups in total. The summed E-state index contributed by atoms with van der Waals surface area (Å²) in [6, 6.07) is 9.09. The first-order valence-electron chi connectivity index (χ1n) is 6.66. The number of hydrogen-bond acceptors (Lipinski definition) is 6. The first-order valence-corrected chi connectivity index (χ1v) is 6.66. The third kappa shape index (κ3) is 3.62. The van der Waals surface area contributed by atoms with Crippen LogP contribution in [0.5, 0.6) is 0 Å². The van der Waals surface area contributed by atoms with Crippen LogP contribution in [0.3, 0.4) is 0 Å². The SMILES string of the molecule is CCOCC(=O)OC/C(O)=C(\C#N)c1nc2ccccc2[nH]1. The number of H-pyrrole nitrogens is 1. The number of allylic oxidation sites excluding steroid dienone is 1. The van der Waals surface area contributed by atoms with E-state index in [1.165, 1.54) is 0 Å². The highest BCUT2D eigenvalue weighted by atomic mass is 16.6. The maximum absolute atomic E-state index is 11.3. The number of nitriles is 1. The van der Waals surface area contributed by atoms with Crippen molar-refractivity contribution in [1.82, 2.24) is 9.97 Å². The number of nitrogens with zero attached hydrogens (tertiary/aromatic N) is 2. The molecule has 0 aliphatic carbocycles. The maximum atomic E-state index is 11.3. The van der Waals surface area contributed by atoms with Gasteiger partial charge in [-0.15, -0.1) is 0 Å². The van der Waals surface area contributed by atoms with Gasteiger partial charge in [-0.05, 0) is 19.1 Å². The van der Waals surface area contributed by atoms with E-state index in [2.05, 4.69) is 9.97 Å². The summed E-state index contributed by atoms with van der Waals surface area (Å²) in [6.07, 6.45) is 0. The molecule has 0 aliphatic rings. The van der Waals surface area contributed by atoms with Crippen molar-refractivity contribution in [2.45, 2.75) is 6.92 Å². The molecule has 0 fully saturated rings. The fourth-order valence-electron chi connectivity index (χ4n) is 1.77. The van der Waals surface area contributed by atoms with Crippen LogP contribution in [0.1, 0.15) is 12.7 Å². The Hall–Kier alpha value is -2.85. The first-order chi connectivity index (χ1) is 10.7. The molecule has 0 spiro atoms. The lowest BCUT2D eigenvalue weighted by Crippen LogP contribution is -2.14. The molecular weight excluding hydrogens is 286 g/mol. The molecule has 0 saturated heterocycles. The van der Waals surface area contributed by atoms with E-state index in [-0.39, 0.29) is 23.8 Å². The number of benzene rings is 1. The minimum absolute atomic E-state index is 0.0691. The second kappa shape index (κ2) is 7.24. The van der Waals surface area contributed by atoms with Crippen LogP contribution in [-0.2, 0) is 14.3 Å². The van der Waals surface area contributed by atoms with E-state index in [9.17, 15) is 15.2 Å².